The van der Waals surface area contributed by atoms with Crippen LogP contribution in [0.2, 0.25) is 0 Å². The number of nitrogens with two attached hydrogens (primary N) is 1. The van der Waals surface area contributed by atoms with Gasteiger partial charge in [-0.3, -0.25) is 19.2 Å². The fraction of sp³-hybridized carbons (Fsp3) is 0.564. The number of rotatable bonds is 9. The molecule has 20 nitrogen and oxygen atoms in total. The molecule has 9 N–H and O–H groups in total. The van der Waals surface area contributed by atoms with Crippen molar-refractivity contribution in [2.24, 2.45) is 17.6 Å². The van der Waals surface area contributed by atoms with E-state index in [9.17, 15) is 44.4 Å². The van der Waals surface area contributed by atoms with Crippen molar-refractivity contribution < 1.29 is 63.3 Å². The number of aliphatic hydroxyl groups is 4. The summed E-state index contributed by atoms with van der Waals surface area (Å²) < 4.78 is 23.6. The molecule has 20 heteroatoms. The lowest BCUT2D eigenvalue weighted by Crippen LogP contribution is -2.62. The summed E-state index contributed by atoms with van der Waals surface area (Å²) in [5.74, 6) is -3.35. The van der Waals surface area contributed by atoms with Crippen molar-refractivity contribution in [1.82, 2.24) is 30.9 Å². The maximum atomic E-state index is 14.1. The molecule has 0 spiro atoms. The molecule has 3 aliphatic rings. The highest BCUT2D eigenvalue weighted by Crippen LogP contribution is 2.30. The number of nitrogens with zero attached hydrogens (tertiary/aromatic N) is 3. The van der Waals surface area contributed by atoms with E-state index in [-0.39, 0.29) is 53.5 Å². The highest BCUT2D eigenvalue weighted by molar-refractivity contribution is 6.23. The molecule has 3 heterocycles. The Bertz CT molecular complexity index is 1890. The third kappa shape index (κ3) is 11.6. The molecular formula is C39H55N7O13. The summed E-state index contributed by atoms with van der Waals surface area (Å²) in [7, 11) is 2.84. The number of aliphatic hydroxyl groups excluding tert-OH is 4. The van der Waals surface area contributed by atoms with Crippen LogP contribution in [0.5, 0.6) is 0 Å². The van der Waals surface area contributed by atoms with Crippen molar-refractivity contribution in [1.29, 1.82) is 0 Å². The largest absolute Gasteiger partial charge is 0.439 e. The van der Waals surface area contributed by atoms with Crippen LogP contribution in [0.25, 0.3) is 0 Å². The fourth-order valence-corrected chi connectivity index (χ4v) is 7.19. The molecule has 2 bridgehead atoms. The van der Waals surface area contributed by atoms with Gasteiger partial charge in [0.15, 0.2) is 12.3 Å². The molecule has 1 saturated heterocycles. The van der Waals surface area contributed by atoms with Crippen LogP contribution in [0, 0.1) is 11.8 Å². The second kappa shape index (κ2) is 20.7. The van der Waals surface area contributed by atoms with Crippen LogP contribution in [0.3, 0.4) is 0 Å². The van der Waals surface area contributed by atoms with Gasteiger partial charge in [0, 0.05) is 44.3 Å². The highest BCUT2D eigenvalue weighted by atomic mass is 16.6. The van der Waals surface area contributed by atoms with Gasteiger partial charge in [0.05, 0.1) is 43.0 Å². The average Bonchev–Trinajstić information content (AvgIpc) is 3.66. The minimum atomic E-state index is -1.53. The zero-order chi connectivity index (χ0) is 43.7. The van der Waals surface area contributed by atoms with Gasteiger partial charge in [-0.05, 0) is 38.2 Å². The van der Waals surface area contributed by atoms with Gasteiger partial charge >= 0.3 is 6.09 Å². The molecule has 0 radical (unpaired) electrons. The molecule has 1 aliphatic carbocycles. The normalized spacial score (nSPS) is 33.8. The molecule has 1 aromatic rings. The minimum absolute atomic E-state index is 0.0152. The van der Waals surface area contributed by atoms with Crippen LogP contribution in [-0.2, 0) is 44.7 Å². The Balaban J connectivity index is 1.68. The summed E-state index contributed by atoms with van der Waals surface area (Å²) >= 11 is 0. The first kappa shape index (κ1) is 46.6. The van der Waals surface area contributed by atoms with E-state index in [1.165, 1.54) is 51.1 Å². The molecule has 0 unspecified atom stereocenters. The number of carbonyl (C=O) groups is 5. The Hall–Kier alpha value is -5.09. The van der Waals surface area contributed by atoms with Gasteiger partial charge in [-0.15, -0.1) is 5.10 Å². The number of primary amides is 1. The zero-order valence-corrected chi connectivity index (χ0v) is 34.0. The van der Waals surface area contributed by atoms with E-state index >= 15 is 0 Å². The second-order valence-electron chi connectivity index (χ2n) is 14.9. The number of ether oxygens (including phenoxy) is 4. The maximum Gasteiger partial charge on any atom is 0.405 e. The summed E-state index contributed by atoms with van der Waals surface area (Å²) in [4.78, 5) is 65.0. The number of amides is 3. The summed E-state index contributed by atoms with van der Waals surface area (Å²) in [6.07, 6.45) is -1.25. The first-order valence-electron chi connectivity index (χ1n) is 19.0. The highest BCUT2D eigenvalue weighted by Gasteiger charge is 2.46. The molecule has 59 heavy (non-hydrogen) atoms. The third-order valence-electron chi connectivity index (χ3n) is 10.3. The first-order valence-corrected chi connectivity index (χ1v) is 19.0. The van der Waals surface area contributed by atoms with E-state index in [1.54, 1.807) is 26.0 Å². The van der Waals surface area contributed by atoms with E-state index < -0.39 is 97.0 Å². The molecule has 1 fully saturated rings. The predicted octanol–water partition coefficient (Wildman–Crippen LogP) is -0.740. The van der Waals surface area contributed by atoms with Crippen LogP contribution in [0.1, 0.15) is 59.4 Å². The first-order chi connectivity index (χ1) is 27.9. The number of ketones is 2. The molecule has 4 rings (SSSR count). The summed E-state index contributed by atoms with van der Waals surface area (Å²) in [5, 5.41) is 58.5. The van der Waals surface area contributed by atoms with Crippen LogP contribution in [0.15, 0.2) is 64.7 Å². The number of Topliss-reactive ketones (excluding diaryl/α,β-unsaturated/α-hetero) is 1. The monoisotopic (exact) mass is 829 g/mol. The molecular weight excluding hydrogens is 774 g/mol. The van der Waals surface area contributed by atoms with Crippen LogP contribution in [0.4, 0.5) is 4.79 Å². The fourth-order valence-electron chi connectivity index (χ4n) is 7.19. The lowest BCUT2D eigenvalue weighted by Gasteiger charge is -2.42. The number of allylic oxidation sites excluding steroid dienone is 4. The molecule has 11 atom stereocenters. The Morgan fingerprint density at radius 3 is 2.42 bits per heavy atom. The topological polar surface area (TPSA) is 296 Å². The SMILES string of the molecule is CO[C@H]1/C=C\C=C(/C)C(=O)NC2=CC(=O)C(NCc3cn([C@@H]4O[C@H](CO)[C@@H](O)[C@H](O)[C@H]4NC(C)=O)nn3)=C(C[C@@H](C)C[C@H](OC)[C@H](O)[C@@H](C)/C=C(\C)[C@@H]1OC(N)=O)C2=O. The molecule has 2 aliphatic heterocycles. The summed E-state index contributed by atoms with van der Waals surface area (Å²) in [6, 6.07) is -1.17. The van der Waals surface area contributed by atoms with Crippen molar-refractivity contribution in [2.45, 2.75) is 109 Å². The molecule has 0 aromatic carbocycles. The molecule has 324 valence electrons. The molecule has 0 saturated carbocycles. The summed E-state index contributed by atoms with van der Waals surface area (Å²) in [5.41, 5.74) is 6.05. The standard InChI is InChI=1S/C39H55N7O13/c1-18-11-24-30(41-15-23-16-46(45-44-23)38-31(42-22(5)48)35(53)34(52)29(17-47)58-38)26(49)14-25(33(24)51)43-37(54)19(2)9-8-10-27(56-6)36(59-39(40)55)21(4)13-20(3)32(50)28(12-18)57-7/h8-10,13-14,16,18,20,27-29,31-32,34-36,38,41,47,50,52-53H,11-12,15,17H2,1-7H3,(H2,40,55)(H,42,48)(H,43,54)/b10-8-,19-9+,21-13+/t18-,20+,27+,28+,29-,31-,32-,34-,35-,36+,38-/m1/s1. The van der Waals surface area contributed by atoms with Crippen molar-refractivity contribution in [3.05, 3.63) is 70.4 Å². The average molecular weight is 830 g/mol. The Labute approximate surface area is 341 Å². The van der Waals surface area contributed by atoms with Gasteiger partial charge in [0.1, 0.15) is 36.2 Å². The number of fused-ring (bicyclic) bond motifs is 2. The zero-order valence-electron chi connectivity index (χ0n) is 34.0. The van der Waals surface area contributed by atoms with Crippen molar-refractivity contribution in [3.63, 3.8) is 0 Å². The van der Waals surface area contributed by atoms with Gasteiger partial charge in [0.2, 0.25) is 17.5 Å². The van der Waals surface area contributed by atoms with Crippen molar-refractivity contribution >= 4 is 29.5 Å². The maximum absolute atomic E-state index is 14.1. The number of hydrogen-bond donors (Lipinski definition) is 8. The number of hydrogen-bond acceptors (Lipinski definition) is 16. The van der Waals surface area contributed by atoms with E-state index in [2.05, 4.69) is 26.3 Å². The summed E-state index contributed by atoms with van der Waals surface area (Å²) in [6.45, 7) is 7.21. The van der Waals surface area contributed by atoms with Crippen LogP contribution >= 0.6 is 0 Å². The third-order valence-corrected chi connectivity index (χ3v) is 10.3. The molecule has 1 aromatic heterocycles. The number of nitrogens with one attached hydrogen (secondary N) is 3. The number of carbonyl (C=O) groups excluding carboxylic acids is 5. The van der Waals surface area contributed by atoms with Crippen molar-refractivity contribution in [3.8, 4) is 0 Å². The number of methoxy groups -OCH3 is 2. The minimum Gasteiger partial charge on any atom is -0.439 e. The quantitative estimate of drug-likeness (QED) is 0.112. The van der Waals surface area contributed by atoms with E-state index in [0.29, 0.717) is 5.57 Å². The van der Waals surface area contributed by atoms with Gasteiger partial charge in [0.25, 0.3) is 5.91 Å². The van der Waals surface area contributed by atoms with Gasteiger partial charge in [-0.25, -0.2) is 9.48 Å². The van der Waals surface area contributed by atoms with Gasteiger partial charge < -0.3 is 61.1 Å². The lowest BCUT2D eigenvalue weighted by molar-refractivity contribution is -0.219. The Morgan fingerprint density at radius 2 is 1.80 bits per heavy atom. The van der Waals surface area contributed by atoms with Gasteiger partial charge in [-0.1, -0.05) is 43.4 Å². The van der Waals surface area contributed by atoms with E-state index in [4.69, 9.17) is 24.7 Å². The second-order valence-corrected chi connectivity index (χ2v) is 14.9. The Morgan fingerprint density at radius 1 is 1.08 bits per heavy atom. The lowest BCUT2D eigenvalue weighted by atomic mass is 9.85. The van der Waals surface area contributed by atoms with Crippen molar-refractivity contribution in [2.75, 3.05) is 20.8 Å². The Kier molecular flexibility index (Phi) is 16.4. The van der Waals surface area contributed by atoms with Crippen LogP contribution in [-0.4, -0.2) is 134 Å². The smallest absolute Gasteiger partial charge is 0.405 e. The van der Waals surface area contributed by atoms with Crippen LogP contribution < -0.4 is 21.7 Å². The van der Waals surface area contributed by atoms with E-state index in [0.717, 1.165) is 6.08 Å². The number of aromatic nitrogens is 3. The van der Waals surface area contributed by atoms with Gasteiger partial charge in [-0.2, -0.15) is 0 Å². The molecule has 3 amide bonds. The predicted molar refractivity (Wildman–Crippen MR) is 207 cm³/mol. The van der Waals surface area contributed by atoms with E-state index in [1.807, 2.05) is 6.92 Å².